The van der Waals surface area contributed by atoms with Crippen molar-refractivity contribution >= 4 is 17.4 Å². The van der Waals surface area contributed by atoms with Gasteiger partial charge in [0.05, 0.1) is 6.10 Å². The fourth-order valence-corrected chi connectivity index (χ4v) is 4.39. The van der Waals surface area contributed by atoms with Gasteiger partial charge in [-0.2, -0.15) is 0 Å². The van der Waals surface area contributed by atoms with E-state index >= 15 is 0 Å². The van der Waals surface area contributed by atoms with E-state index in [0.29, 0.717) is 5.69 Å². The molecule has 0 bridgehead atoms. The van der Waals surface area contributed by atoms with Gasteiger partial charge in [0, 0.05) is 18.0 Å². The number of nitrogens with one attached hydrogen (secondary N) is 2. The van der Waals surface area contributed by atoms with Crippen molar-refractivity contribution in [3.8, 4) is 11.1 Å². The zero-order valence-electron chi connectivity index (χ0n) is 17.4. The van der Waals surface area contributed by atoms with Crippen LogP contribution in [0.25, 0.3) is 11.1 Å². The summed E-state index contributed by atoms with van der Waals surface area (Å²) < 4.78 is 0. The van der Waals surface area contributed by atoms with Crippen LogP contribution in [0.1, 0.15) is 30.9 Å². The molecule has 1 aliphatic rings. The number of amides is 2. The normalized spacial score (nSPS) is 19.0. The van der Waals surface area contributed by atoms with Crippen LogP contribution in [-0.4, -0.2) is 22.9 Å². The van der Waals surface area contributed by atoms with Gasteiger partial charge in [0.2, 0.25) is 0 Å². The first-order valence-electron chi connectivity index (χ1n) is 10.8. The van der Waals surface area contributed by atoms with Crippen molar-refractivity contribution in [1.29, 1.82) is 0 Å². The smallest absolute Gasteiger partial charge is 0.323 e. The Kier molecular flexibility index (Phi) is 6.65. The van der Waals surface area contributed by atoms with Crippen molar-refractivity contribution < 1.29 is 15.0 Å². The summed E-state index contributed by atoms with van der Waals surface area (Å²) in [6, 6.07) is 24.6. The van der Waals surface area contributed by atoms with Crippen molar-refractivity contribution in [2.75, 3.05) is 17.2 Å². The fraction of sp³-hybridized carbons (Fsp3) is 0.269. The molecule has 2 unspecified atom stereocenters. The van der Waals surface area contributed by atoms with E-state index in [-0.39, 0.29) is 24.5 Å². The first-order chi connectivity index (χ1) is 15.1. The van der Waals surface area contributed by atoms with Crippen molar-refractivity contribution in [3.63, 3.8) is 0 Å². The van der Waals surface area contributed by atoms with E-state index in [1.54, 1.807) is 0 Å². The van der Waals surface area contributed by atoms with Gasteiger partial charge in [-0.1, -0.05) is 61.0 Å². The number of aliphatic hydroxyl groups excluding tert-OH is 2. The SMILES string of the molecule is O=C(Nc1ccccc1)Nc1ccc(-c2ccc(C(O)C3CCC[C@@H]3CO)cc2)cc1. The molecule has 5 heteroatoms. The van der Waals surface area contributed by atoms with Crippen LogP contribution in [-0.2, 0) is 0 Å². The van der Waals surface area contributed by atoms with Crippen LogP contribution in [0.3, 0.4) is 0 Å². The molecule has 0 aromatic heterocycles. The maximum atomic E-state index is 12.1. The number of carbonyl (C=O) groups is 1. The third kappa shape index (κ3) is 5.13. The molecule has 5 nitrogen and oxygen atoms in total. The summed E-state index contributed by atoms with van der Waals surface area (Å²) >= 11 is 0. The minimum Gasteiger partial charge on any atom is -0.396 e. The summed E-state index contributed by atoms with van der Waals surface area (Å²) in [6.07, 6.45) is 2.47. The van der Waals surface area contributed by atoms with Crippen LogP contribution < -0.4 is 10.6 Å². The molecule has 3 aromatic rings. The maximum Gasteiger partial charge on any atom is 0.323 e. The summed E-state index contributed by atoms with van der Waals surface area (Å²) in [6.45, 7) is 0.142. The molecule has 31 heavy (non-hydrogen) atoms. The van der Waals surface area contributed by atoms with E-state index in [4.69, 9.17) is 0 Å². The van der Waals surface area contributed by atoms with Crippen molar-refractivity contribution in [2.45, 2.75) is 25.4 Å². The van der Waals surface area contributed by atoms with E-state index in [1.165, 1.54) is 0 Å². The van der Waals surface area contributed by atoms with Crippen molar-refractivity contribution in [3.05, 3.63) is 84.4 Å². The Morgan fingerprint density at radius 3 is 2.03 bits per heavy atom. The van der Waals surface area contributed by atoms with Crippen molar-refractivity contribution in [2.24, 2.45) is 11.8 Å². The Bertz CT molecular complexity index is 987. The van der Waals surface area contributed by atoms with E-state index in [9.17, 15) is 15.0 Å². The molecular formula is C26H28N2O3. The minimum atomic E-state index is -0.539. The maximum absolute atomic E-state index is 12.1. The molecule has 4 N–H and O–H groups in total. The third-order valence-corrected chi connectivity index (χ3v) is 6.12. The number of carbonyl (C=O) groups excluding carboxylic acids is 1. The standard InChI is InChI=1S/C26H28N2O3/c29-17-21-5-4-8-24(21)25(30)20-11-9-18(10-12-20)19-13-15-23(16-14-19)28-26(31)27-22-6-2-1-3-7-22/h1-3,6-7,9-16,21,24-25,29-30H,4-5,8,17H2,(H2,27,28,31)/t21-,24?,25?/m1/s1. The third-order valence-electron chi connectivity index (χ3n) is 6.12. The molecule has 0 radical (unpaired) electrons. The van der Waals surface area contributed by atoms with Gasteiger partial charge < -0.3 is 20.8 Å². The summed E-state index contributed by atoms with van der Waals surface area (Å²) in [5, 5.41) is 25.9. The Morgan fingerprint density at radius 2 is 1.42 bits per heavy atom. The van der Waals surface area contributed by atoms with Gasteiger partial charge >= 0.3 is 6.03 Å². The first-order valence-corrected chi connectivity index (χ1v) is 10.8. The lowest BCUT2D eigenvalue weighted by Crippen LogP contribution is -2.19. The second-order valence-electron chi connectivity index (χ2n) is 8.13. The lowest BCUT2D eigenvalue weighted by atomic mass is 9.87. The molecule has 1 saturated carbocycles. The average Bonchev–Trinajstić information content (AvgIpc) is 3.29. The summed E-state index contributed by atoms with van der Waals surface area (Å²) in [7, 11) is 0. The highest BCUT2D eigenvalue weighted by molar-refractivity contribution is 5.99. The lowest BCUT2D eigenvalue weighted by molar-refractivity contribution is 0.0636. The van der Waals surface area contributed by atoms with Gasteiger partial charge in [-0.25, -0.2) is 4.79 Å². The van der Waals surface area contributed by atoms with Crippen LogP contribution in [0, 0.1) is 11.8 Å². The number of rotatable bonds is 6. The predicted molar refractivity (Wildman–Crippen MR) is 124 cm³/mol. The lowest BCUT2D eigenvalue weighted by Gasteiger charge is -2.24. The van der Waals surface area contributed by atoms with E-state index < -0.39 is 6.10 Å². The second-order valence-corrected chi connectivity index (χ2v) is 8.13. The van der Waals surface area contributed by atoms with Gasteiger partial charge in [0.25, 0.3) is 0 Å². The monoisotopic (exact) mass is 416 g/mol. The van der Waals surface area contributed by atoms with Gasteiger partial charge in [0.1, 0.15) is 0 Å². The number of aliphatic hydroxyl groups is 2. The number of hydrogen-bond donors (Lipinski definition) is 4. The molecular weight excluding hydrogens is 388 g/mol. The molecule has 3 aromatic carbocycles. The highest BCUT2D eigenvalue weighted by atomic mass is 16.3. The summed E-state index contributed by atoms with van der Waals surface area (Å²) in [5.74, 6) is 0.317. The van der Waals surface area contributed by atoms with Crippen LogP contribution in [0.4, 0.5) is 16.2 Å². The molecule has 160 valence electrons. The Balaban J connectivity index is 1.38. The minimum absolute atomic E-state index is 0.128. The zero-order chi connectivity index (χ0) is 21.6. The Labute approximate surface area is 182 Å². The van der Waals surface area contributed by atoms with Gasteiger partial charge in [0.15, 0.2) is 0 Å². The average molecular weight is 417 g/mol. The Morgan fingerprint density at radius 1 is 0.839 bits per heavy atom. The second kappa shape index (κ2) is 9.77. The molecule has 1 aliphatic carbocycles. The molecule has 3 atom stereocenters. The topological polar surface area (TPSA) is 81.6 Å². The summed E-state index contributed by atoms with van der Waals surface area (Å²) in [4.78, 5) is 12.1. The van der Waals surface area contributed by atoms with E-state index in [1.807, 2.05) is 78.9 Å². The number of benzene rings is 3. The molecule has 0 saturated heterocycles. The van der Waals surface area contributed by atoms with Gasteiger partial charge in [-0.05, 0) is 65.6 Å². The van der Waals surface area contributed by atoms with Crippen LogP contribution in [0.15, 0.2) is 78.9 Å². The quantitative estimate of drug-likeness (QED) is 0.432. The number of anilines is 2. The van der Waals surface area contributed by atoms with E-state index in [0.717, 1.165) is 41.6 Å². The molecule has 1 fully saturated rings. The van der Waals surface area contributed by atoms with Crippen LogP contribution in [0.2, 0.25) is 0 Å². The van der Waals surface area contributed by atoms with Crippen molar-refractivity contribution in [1.82, 2.24) is 0 Å². The van der Waals surface area contributed by atoms with Gasteiger partial charge in [-0.15, -0.1) is 0 Å². The zero-order valence-corrected chi connectivity index (χ0v) is 17.4. The fourth-order valence-electron chi connectivity index (χ4n) is 4.39. The number of para-hydroxylation sites is 1. The highest BCUT2D eigenvalue weighted by Gasteiger charge is 2.32. The molecule has 2 amide bonds. The summed E-state index contributed by atoms with van der Waals surface area (Å²) in [5.41, 5.74) is 4.41. The number of hydrogen-bond acceptors (Lipinski definition) is 3. The molecule has 0 aliphatic heterocycles. The van der Waals surface area contributed by atoms with Crippen LogP contribution in [0.5, 0.6) is 0 Å². The van der Waals surface area contributed by atoms with Crippen LogP contribution >= 0.6 is 0 Å². The van der Waals surface area contributed by atoms with Gasteiger partial charge in [-0.3, -0.25) is 0 Å². The molecule has 0 heterocycles. The largest absolute Gasteiger partial charge is 0.396 e. The predicted octanol–water partition coefficient (Wildman–Crippen LogP) is 5.44. The number of urea groups is 1. The highest BCUT2D eigenvalue weighted by Crippen LogP contribution is 2.40. The Hall–Kier alpha value is -3.15. The molecule has 0 spiro atoms. The first kappa shape index (κ1) is 21.1. The van der Waals surface area contributed by atoms with E-state index in [2.05, 4.69) is 10.6 Å². The molecule has 4 rings (SSSR count).